The molecule has 0 saturated heterocycles. The molecule has 76 valence electrons. The molecule has 5 nitrogen and oxygen atoms in total. The number of hydrogen-bond donors (Lipinski definition) is 0. The van der Waals surface area contributed by atoms with Gasteiger partial charge in [-0.15, -0.1) is 0 Å². The lowest BCUT2D eigenvalue weighted by Crippen LogP contribution is -2.27. The van der Waals surface area contributed by atoms with Gasteiger partial charge in [-0.05, 0) is 6.42 Å². The van der Waals surface area contributed by atoms with Crippen LogP contribution >= 0.6 is 0 Å². The number of halogens is 2. The fourth-order valence-electron chi connectivity index (χ4n) is 0.491. The lowest BCUT2D eigenvalue weighted by atomic mass is 10.3. The van der Waals surface area contributed by atoms with Gasteiger partial charge in [0.25, 0.3) is 6.16 Å². The van der Waals surface area contributed by atoms with Gasteiger partial charge in [-0.1, -0.05) is 0 Å². The standard InChI is InChI=1S/C6H8F2O5/c7-4(8)2-1-3-12-6(11)13-5(9)10/h4H,1-3H2,(H,9,10)/p-1. The second kappa shape index (κ2) is 6.15. The molecule has 0 aromatic rings. The molecule has 0 spiro atoms. The third-order valence-electron chi connectivity index (χ3n) is 0.953. The number of carbonyl (C=O) groups is 2. The highest BCUT2D eigenvalue weighted by atomic mass is 19.3. The van der Waals surface area contributed by atoms with Crippen LogP contribution in [0.15, 0.2) is 0 Å². The highest BCUT2D eigenvalue weighted by Crippen LogP contribution is 2.02. The maximum absolute atomic E-state index is 11.5. The van der Waals surface area contributed by atoms with Crippen LogP contribution in [0.4, 0.5) is 18.4 Å². The lowest BCUT2D eigenvalue weighted by Gasteiger charge is -2.07. The Morgan fingerprint density at radius 1 is 1.38 bits per heavy atom. The van der Waals surface area contributed by atoms with E-state index in [1.807, 2.05) is 0 Å². The summed E-state index contributed by atoms with van der Waals surface area (Å²) in [6.07, 6.45) is -6.45. The molecule has 0 N–H and O–H groups in total. The largest absolute Gasteiger partial charge is 0.453 e. The van der Waals surface area contributed by atoms with E-state index >= 15 is 0 Å². The summed E-state index contributed by atoms with van der Waals surface area (Å²) >= 11 is 0. The van der Waals surface area contributed by atoms with Crippen LogP contribution in [-0.4, -0.2) is 25.3 Å². The molecule has 7 heteroatoms. The van der Waals surface area contributed by atoms with Crippen LogP contribution in [0.5, 0.6) is 0 Å². The molecule has 0 unspecified atom stereocenters. The van der Waals surface area contributed by atoms with Crippen LogP contribution < -0.4 is 5.11 Å². The Labute approximate surface area is 72.2 Å². The third kappa shape index (κ3) is 8.51. The van der Waals surface area contributed by atoms with E-state index in [2.05, 4.69) is 9.47 Å². The van der Waals surface area contributed by atoms with Gasteiger partial charge in [-0.2, -0.15) is 0 Å². The lowest BCUT2D eigenvalue weighted by molar-refractivity contribution is -0.276. The third-order valence-corrected chi connectivity index (χ3v) is 0.953. The first-order valence-electron chi connectivity index (χ1n) is 3.36. The van der Waals surface area contributed by atoms with E-state index < -0.39 is 25.2 Å². The topological polar surface area (TPSA) is 75.7 Å². The van der Waals surface area contributed by atoms with E-state index in [9.17, 15) is 23.5 Å². The molecule has 0 aliphatic rings. The highest BCUT2D eigenvalue weighted by Gasteiger charge is 2.04. The van der Waals surface area contributed by atoms with Crippen molar-refractivity contribution in [3.05, 3.63) is 0 Å². The van der Waals surface area contributed by atoms with Crippen molar-refractivity contribution in [3.63, 3.8) is 0 Å². The van der Waals surface area contributed by atoms with Gasteiger partial charge in [0.05, 0.1) is 6.61 Å². The van der Waals surface area contributed by atoms with Gasteiger partial charge in [0.15, 0.2) is 0 Å². The van der Waals surface area contributed by atoms with E-state index in [0.29, 0.717) is 0 Å². The molecule has 0 fully saturated rings. The number of hydrogen-bond acceptors (Lipinski definition) is 5. The van der Waals surface area contributed by atoms with Gasteiger partial charge in [-0.25, -0.2) is 13.6 Å². The van der Waals surface area contributed by atoms with Crippen molar-refractivity contribution >= 4 is 12.3 Å². The van der Waals surface area contributed by atoms with Crippen LogP contribution in [0.1, 0.15) is 12.8 Å². The molecule has 0 aliphatic heterocycles. The Bertz CT molecular complexity index is 182. The molecule has 13 heavy (non-hydrogen) atoms. The maximum Gasteiger partial charge on any atom is 0.434 e. The van der Waals surface area contributed by atoms with Crippen molar-refractivity contribution in [1.82, 2.24) is 0 Å². The molecule has 0 saturated carbocycles. The predicted molar refractivity (Wildman–Crippen MR) is 33.1 cm³/mol. The van der Waals surface area contributed by atoms with E-state index in [0.717, 1.165) is 0 Å². The summed E-state index contributed by atoms with van der Waals surface area (Å²) < 4.78 is 30.5. The van der Waals surface area contributed by atoms with Crippen molar-refractivity contribution in [1.29, 1.82) is 0 Å². The minimum absolute atomic E-state index is 0.0557. The molecule has 0 radical (unpaired) electrons. The van der Waals surface area contributed by atoms with Gasteiger partial charge < -0.3 is 19.4 Å². The monoisotopic (exact) mass is 197 g/mol. The average molecular weight is 197 g/mol. The summed E-state index contributed by atoms with van der Waals surface area (Å²) in [6, 6.07) is 0. The minimum atomic E-state index is -2.47. The van der Waals surface area contributed by atoms with Gasteiger partial charge in [-0.3, -0.25) is 0 Å². The van der Waals surface area contributed by atoms with E-state index in [1.165, 1.54) is 0 Å². The molecule has 0 aliphatic carbocycles. The second-order valence-electron chi connectivity index (χ2n) is 1.98. The Morgan fingerprint density at radius 2 is 2.00 bits per heavy atom. The van der Waals surface area contributed by atoms with Crippen molar-refractivity contribution < 1.29 is 33.0 Å². The van der Waals surface area contributed by atoms with Crippen LogP contribution in [-0.2, 0) is 9.47 Å². The first-order valence-corrected chi connectivity index (χ1v) is 3.36. The first-order chi connectivity index (χ1) is 6.02. The van der Waals surface area contributed by atoms with E-state index in [1.54, 1.807) is 0 Å². The van der Waals surface area contributed by atoms with Gasteiger partial charge in [0.1, 0.15) is 0 Å². The highest BCUT2D eigenvalue weighted by molar-refractivity contribution is 5.74. The fourth-order valence-corrected chi connectivity index (χ4v) is 0.491. The summed E-state index contributed by atoms with van der Waals surface area (Å²) in [6.45, 7) is -0.309. The molecule has 0 amide bonds. The smallest absolute Gasteiger partial charge is 0.434 e. The zero-order chi connectivity index (χ0) is 10.3. The molecule has 0 aromatic heterocycles. The zero-order valence-electron chi connectivity index (χ0n) is 6.50. The van der Waals surface area contributed by atoms with Crippen molar-refractivity contribution in [2.45, 2.75) is 19.3 Å². The minimum Gasteiger partial charge on any atom is -0.453 e. The summed E-state index contributed by atoms with van der Waals surface area (Å²) in [5.74, 6) is 0. The molecular weight excluding hydrogens is 190 g/mol. The van der Waals surface area contributed by atoms with Gasteiger partial charge in [0, 0.05) is 6.42 Å². The average Bonchev–Trinajstić information content (AvgIpc) is 1.96. The second-order valence-corrected chi connectivity index (χ2v) is 1.98. The van der Waals surface area contributed by atoms with Crippen molar-refractivity contribution in [2.75, 3.05) is 6.61 Å². The Kier molecular flexibility index (Phi) is 5.49. The predicted octanol–water partition coefficient (Wildman–Crippen LogP) is 0.528. The van der Waals surface area contributed by atoms with E-state index in [4.69, 9.17) is 0 Å². The number of carbonyl (C=O) groups excluding carboxylic acids is 2. The number of ether oxygens (including phenoxy) is 2. The van der Waals surface area contributed by atoms with Crippen molar-refractivity contribution in [3.8, 4) is 0 Å². The Morgan fingerprint density at radius 3 is 2.46 bits per heavy atom. The quantitative estimate of drug-likeness (QED) is 0.373. The maximum atomic E-state index is 11.5. The number of carboxylic acid groups (broad SMARTS) is 1. The summed E-state index contributed by atoms with van der Waals surface area (Å²) in [7, 11) is 0. The van der Waals surface area contributed by atoms with Crippen LogP contribution in [0.3, 0.4) is 0 Å². The Hall–Kier alpha value is -1.40. The molecule has 0 heterocycles. The van der Waals surface area contributed by atoms with E-state index in [-0.39, 0.29) is 13.0 Å². The first kappa shape index (κ1) is 11.6. The van der Waals surface area contributed by atoms with Crippen LogP contribution in [0.25, 0.3) is 0 Å². The van der Waals surface area contributed by atoms with Crippen LogP contribution in [0.2, 0.25) is 0 Å². The van der Waals surface area contributed by atoms with Crippen molar-refractivity contribution in [2.24, 2.45) is 0 Å². The number of alkyl halides is 2. The molecular formula is C6H7F2O5-. The summed E-state index contributed by atoms with van der Waals surface area (Å²) in [5.41, 5.74) is 0. The zero-order valence-corrected chi connectivity index (χ0v) is 6.50. The SMILES string of the molecule is O=C([O-])OC(=O)OCCCC(F)F. The molecule has 0 aromatic carbocycles. The van der Waals surface area contributed by atoms with Gasteiger partial charge >= 0.3 is 6.16 Å². The fraction of sp³-hybridized carbons (Fsp3) is 0.667. The normalized spacial score (nSPS) is 9.77. The van der Waals surface area contributed by atoms with Gasteiger partial charge in [0.2, 0.25) is 6.43 Å². The molecule has 0 rings (SSSR count). The summed E-state index contributed by atoms with van der Waals surface area (Å²) in [5, 5.41) is 9.60. The molecule has 0 bridgehead atoms. The van der Waals surface area contributed by atoms with Crippen LogP contribution in [0, 0.1) is 0 Å². The molecule has 0 atom stereocenters. The number of rotatable bonds is 4. The summed E-state index contributed by atoms with van der Waals surface area (Å²) in [4.78, 5) is 19.8. The Balaban J connectivity index is 3.32.